The second-order valence-corrected chi connectivity index (χ2v) is 8.30. The van der Waals surface area contributed by atoms with Crippen LogP contribution in [0.1, 0.15) is 51.0 Å². The first-order chi connectivity index (χ1) is 12.1. The Morgan fingerprint density at radius 3 is 2.84 bits per heavy atom. The van der Waals surface area contributed by atoms with E-state index in [2.05, 4.69) is 28.0 Å². The summed E-state index contributed by atoms with van der Waals surface area (Å²) in [6, 6.07) is 8.97. The van der Waals surface area contributed by atoms with Gasteiger partial charge in [0, 0.05) is 42.4 Å². The summed E-state index contributed by atoms with van der Waals surface area (Å²) in [6.07, 6.45) is 5.86. The van der Waals surface area contributed by atoms with E-state index in [4.69, 9.17) is 0 Å². The number of nitrogens with zero attached hydrogens (tertiary/aromatic N) is 2. The Kier molecular flexibility index (Phi) is 3.37. The molecule has 0 unspecified atom stereocenters. The highest BCUT2D eigenvalue weighted by Crippen LogP contribution is 2.59. The number of rotatable bonds is 0. The molecule has 0 aromatic heterocycles. The smallest absolute Gasteiger partial charge is 0.224 e. The molecule has 4 heteroatoms. The fourth-order valence-electron chi connectivity index (χ4n) is 6.53. The number of para-hydroxylation sites is 1. The SMILES string of the molecule is CC(=O)N1c2ccccc2[C@@]23CCN4CCCCC(=O)[C@@H](CC[C@H]12)[C@@H]43. The lowest BCUT2D eigenvalue weighted by Gasteiger charge is -2.49. The number of hydrogen-bond acceptors (Lipinski definition) is 3. The number of benzene rings is 1. The van der Waals surface area contributed by atoms with E-state index in [1.807, 2.05) is 6.07 Å². The Bertz CT molecular complexity index is 745. The molecule has 1 aliphatic carbocycles. The maximum atomic E-state index is 12.9. The fourth-order valence-corrected chi connectivity index (χ4v) is 6.53. The molecule has 0 N–H and O–H groups in total. The summed E-state index contributed by atoms with van der Waals surface area (Å²) >= 11 is 0. The number of anilines is 1. The van der Waals surface area contributed by atoms with E-state index in [9.17, 15) is 9.59 Å². The number of carbonyl (C=O) groups is 2. The molecular weight excluding hydrogens is 312 g/mol. The van der Waals surface area contributed by atoms with E-state index in [0.717, 1.165) is 57.3 Å². The molecule has 3 fully saturated rings. The first-order valence-electron chi connectivity index (χ1n) is 9.80. The highest BCUT2D eigenvalue weighted by Gasteiger charge is 2.64. The quantitative estimate of drug-likeness (QED) is 0.730. The van der Waals surface area contributed by atoms with Crippen molar-refractivity contribution >= 4 is 17.4 Å². The van der Waals surface area contributed by atoms with Crippen molar-refractivity contribution in [3.8, 4) is 0 Å². The molecule has 1 saturated carbocycles. The van der Waals surface area contributed by atoms with Gasteiger partial charge in [-0.3, -0.25) is 14.5 Å². The summed E-state index contributed by atoms with van der Waals surface area (Å²) in [4.78, 5) is 30.1. The third-order valence-corrected chi connectivity index (χ3v) is 7.31. The lowest BCUT2D eigenvalue weighted by molar-refractivity contribution is -0.128. The number of ketones is 1. The molecule has 1 amide bonds. The molecule has 0 bridgehead atoms. The minimum atomic E-state index is -0.0435. The molecule has 4 aliphatic rings. The van der Waals surface area contributed by atoms with Crippen LogP contribution in [-0.4, -0.2) is 41.8 Å². The molecule has 5 rings (SSSR count). The molecule has 1 spiro atoms. The van der Waals surface area contributed by atoms with Crippen LogP contribution in [0.25, 0.3) is 0 Å². The minimum Gasteiger partial charge on any atom is -0.308 e. The Morgan fingerprint density at radius 2 is 2.00 bits per heavy atom. The van der Waals surface area contributed by atoms with Gasteiger partial charge >= 0.3 is 0 Å². The van der Waals surface area contributed by atoms with Crippen molar-refractivity contribution in [2.75, 3.05) is 18.0 Å². The Labute approximate surface area is 149 Å². The van der Waals surface area contributed by atoms with Crippen molar-refractivity contribution in [2.24, 2.45) is 5.92 Å². The Balaban J connectivity index is 1.70. The predicted molar refractivity (Wildman–Crippen MR) is 96.6 cm³/mol. The molecule has 4 atom stereocenters. The predicted octanol–water partition coefficient (Wildman–Crippen LogP) is 2.90. The van der Waals surface area contributed by atoms with E-state index in [-0.39, 0.29) is 29.3 Å². The van der Waals surface area contributed by atoms with Crippen LogP contribution in [0.5, 0.6) is 0 Å². The topological polar surface area (TPSA) is 40.6 Å². The normalized spacial score (nSPS) is 37.1. The monoisotopic (exact) mass is 338 g/mol. The van der Waals surface area contributed by atoms with Crippen molar-refractivity contribution < 1.29 is 9.59 Å². The van der Waals surface area contributed by atoms with Gasteiger partial charge < -0.3 is 4.90 Å². The average molecular weight is 338 g/mol. The van der Waals surface area contributed by atoms with E-state index >= 15 is 0 Å². The number of Topliss-reactive ketones (excluding diaryl/α,β-unsaturated/α-hetero) is 1. The van der Waals surface area contributed by atoms with Gasteiger partial charge in [-0.25, -0.2) is 0 Å². The van der Waals surface area contributed by atoms with Crippen molar-refractivity contribution in [1.29, 1.82) is 0 Å². The van der Waals surface area contributed by atoms with Gasteiger partial charge in [-0.1, -0.05) is 18.2 Å². The molecule has 1 aromatic rings. The van der Waals surface area contributed by atoms with Crippen LogP contribution in [0.4, 0.5) is 5.69 Å². The standard InChI is InChI=1S/C21H26N2O2/c1-14(24)23-17-7-3-2-6-16(17)21-11-13-22-12-5-4-8-18(25)15(20(21)22)9-10-19(21)23/h2-3,6-7,15,19-20H,4-5,8-13H2,1H3/t15-,19+,20-,21+/m1/s1. The Morgan fingerprint density at radius 1 is 1.16 bits per heavy atom. The molecule has 1 aromatic carbocycles. The Hall–Kier alpha value is -1.68. The van der Waals surface area contributed by atoms with E-state index < -0.39 is 0 Å². The van der Waals surface area contributed by atoms with Crippen LogP contribution in [-0.2, 0) is 15.0 Å². The van der Waals surface area contributed by atoms with Crippen LogP contribution in [0.3, 0.4) is 0 Å². The number of carbonyl (C=O) groups excluding carboxylic acids is 2. The highest BCUT2D eigenvalue weighted by molar-refractivity contribution is 5.96. The van der Waals surface area contributed by atoms with Gasteiger partial charge in [0.25, 0.3) is 0 Å². The van der Waals surface area contributed by atoms with Crippen molar-refractivity contribution in [3.63, 3.8) is 0 Å². The summed E-state index contributed by atoms with van der Waals surface area (Å²) in [5.74, 6) is 0.760. The van der Waals surface area contributed by atoms with Gasteiger partial charge in [0.05, 0.1) is 0 Å². The summed E-state index contributed by atoms with van der Waals surface area (Å²) < 4.78 is 0. The van der Waals surface area contributed by atoms with Gasteiger partial charge in [-0.05, 0) is 56.8 Å². The molecule has 3 heterocycles. The largest absolute Gasteiger partial charge is 0.308 e. The van der Waals surface area contributed by atoms with Crippen LogP contribution in [0, 0.1) is 5.92 Å². The van der Waals surface area contributed by atoms with Crippen LogP contribution in [0.2, 0.25) is 0 Å². The first-order valence-corrected chi connectivity index (χ1v) is 9.80. The van der Waals surface area contributed by atoms with Crippen molar-refractivity contribution in [1.82, 2.24) is 4.90 Å². The number of amides is 1. The zero-order chi connectivity index (χ0) is 17.2. The second-order valence-electron chi connectivity index (χ2n) is 8.30. The van der Waals surface area contributed by atoms with Crippen LogP contribution < -0.4 is 4.90 Å². The third kappa shape index (κ3) is 1.92. The first kappa shape index (κ1) is 15.6. The number of fused-ring (bicyclic) bond motifs is 1. The highest BCUT2D eigenvalue weighted by atomic mass is 16.2. The van der Waals surface area contributed by atoms with Gasteiger partial charge in [0.2, 0.25) is 5.91 Å². The molecule has 25 heavy (non-hydrogen) atoms. The lowest BCUT2D eigenvalue weighted by Crippen LogP contribution is -2.61. The average Bonchev–Trinajstić information content (AvgIpc) is 3.11. The molecular formula is C21H26N2O2. The molecule has 3 aliphatic heterocycles. The molecule has 0 radical (unpaired) electrons. The number of hydrogen-bond donors (Lipinski definition) is 0. The summed E-state index contributed by atoms with van der Waals surface area (Å²) in [5.41, 5.74) is 2.37. The summed E-state index contributed by atoms with van der Waals surface area (Å²) in [5, 5.41) is 0. The lowest BCUT2D eigenvalue weighted by atomic mass is 9.60. The van der Waals surface area contributed by atoms with Crippen LogP contribution in [0.15, 0.2) is 24.3 Å². The van der Waals surface area contributed by atoms with Crippen molar-refractivity contribution in [2.45, 2.75) is 62.9 Å². The molecule has 132 valence electrons. The maximum Gasteiger partial charge on any atom is 0.224 e. The van der Waals surface area contributed by atoms with E-state index in [0.29, 0.717) is 5.78 Å². The molecule has 2 saturated heterocycles. The van der Waals surface area contributed by atoms with Gasteiger partial charge in [-0.15, -0.1) is 0 Å². The maximum absolute atomic E-state index is 12.9. The van der Waals surface area contributed by atoms with Gasteiger partial charge in [0.15, 0.2) is 0 Å². The van der Waals surface area contributed by atoms with Crippen LogP contribution >= 0.6 is 0 Å². The second kappa shape index (κ2) is 5.41. The van der Waals surface area contributed by atoms with Crippen molar-refractivity contribution in [3.05, 3.63) is 29.8 Å². The third-order valence-electron chi connectivity index (χ3n) is 7.31. The van der Waals surface area contributed by atoms with Gasteiger partial charge in [-0.2, -0.15) is 0 Å². The molecule has 4 nitrogen and oxygen atoms in total. The fraction of sp³-hybridized carbons (Fsp3) is 0.619. The van der Waals surface area contributed by atoms with E-state index in [1.54, 1.807) is 6.92 Å². The summed E-state index contributed by atoms with van der Waals surface area (Å²) in [7, 11) is 0. The zero-order valence-corrected chi connectivity index (χ0v) is 14.9. The zero-order valence-electron chi connectivity index (χ0n) is 14.9. The van der Waals surface area contributed by atoms with E-state index in [1.165, 1.54) is 5.56 Å². The van der Waals surface area contributed by atoms with Gasteiger partial charge in [0.1, 0.15) is 5.78 Å². The minimum absolute atomic E-state index is 0.0435. The summed E-state index contributed by atoms with van der Waals surface area (Å²) in [6.45, 7) is 3.86.